The molecule has 1 fully saturated rings. The number of fused-ring (bicyclic) bond motifs is 1. The van der Waals surface area contributed by atoms with Gasteiger partial charge in [0.1, 0.15) is 22.3 Å². The molecule has 0 bridgehead atoms. The molecule has 2 aromatic heterocycles. The monoisotopic (exact) mass is 360 g/mol. The zero-order valence-corrected chi connectivity index (χ0v) is 15.4. The van der Waals surface area contributed by atoms with Gasteiger partial charge in [0, 0.05) is 33.9 Å². The van der Waals surface area contributed by atoms with Crippen LogP contribution < -0.4 is 16.8 Å². The molecule has 26 heavy (non-hydrogen) atoms. The van der Waals surface area contributed by atoms with Crippen molar-refractivity contribution in [2.75, 3.05) is 6.54 Å². The Labute approximate surface area is 150 Å². The molecule has 8 heteroatoms. The van der Waals surface area contributed by atoms with Crippen molar-refractivity contribution < 1.29 is 5.11 Å². The van der Waals surface area contributed by atoms with E-state index in [9.17, 15) is 19.5 Å². The van der Waals surface area contributed by atoms with Gasteiger partial charge in [-0.25, -0.2) is 4.79 Å². The molecule has 8 nitrogen and oxygen atoms in total. The third-order valence-electron chi connectivity index (χ3n) is 5.29. The van der Waals surface area contributed by atoms with Crippen molar-refractivity contribution in [3.63, 3.8) is 0 Å². The van der Waals surface area contributed by atoms with Crippen molar-refractivity contribution in [3.05, 3.63) is 36.8 Å². The quantitative estimate of drug-likeness (QED) is 0.812. The predicted molar refractivity (Wildman–Crippen MR) is 100 cm³/mol. The number of pyridine rings is 1. The van der Waals surface area contributed by atoms with Crippen LogP contribution in [0.1, 0.15) is 37.7 Å². The molecule has 2 heterocycles. The van der Waals surface area contributed by atoms with E-state index in [4.69, 9.17) is 0 Å². The van der Waals surface area contributed by atoms with E-state index in [1.165, 1.54) is 55.8 Å². The lowest BCUT2D eigenvalue weighted by atomic mass is 9.89. The van der Waals surface area contributed by atoms with E-state index >= 15 is 0 Å². The molecule has 0 unspecified atom stereocenters. The number of hydrogen-bond acceptors (Lipinski definition) is 5. The highest BCUT2D eigenvalue weighted by Gasteiger charge is 2.20. The first-order valence-electron chi connectivity index (χ1n) is 8.86. The van der Waals surface area contributed by atoms with Gasteiger partial charge in [-0.3, -0.25) is 28.3 Å². The molecular weight excluding hydrogens is 336 g/mol. The molecule has 0 radical (unpaired) electrons. The number of aromatic nitrogens is 3. The molecule has 0 spiro atoms. The van der Waals surface area contributed by atoms with Crippen LogP contribution in [0.3, 0.4) is 0 Å². The summed E-state index contributed by atoms with van der Waals surface area (Å²) in [6.45, 7) is 0.603. The predicted octanol–water partition coefficient (Wildman–Crippen LogP) is 0.641. The lowest BCUT2D eigenvalue weighted by Gasteiger charge is -2.19. The minimum absolute atomic E-state index is 0.0217. The first-order chi connectivity index (χ1) is 12.3. The third-order valence-corrected chi connectivity index (χ3v) is 5.29. The summed E-state index contributed by atoms with van der Waals surface area (Å²) in [7, 11) is 4.27. The average Bonchev–Trinajstić information content (AvgIpc) is 2.64. The van der Waals surface area contributed by atoms with Crippen LogP contribution in [0.5, 0.6) is 5.75 Å². The average molecular weight is 360 g/mol. The molecule has 0 aromatic carbocycles. The smallest absolute Gasteiger partial charge is 0.332 e. The molecule has 1 aliphatic rings. The van der Waals surface area contributed by atoms with Gasteiger partial charge in [-0.05, 0) is 18.8 Å². The zero-order valence-electron chi connectivity index (χ0n) is 15.4. The minimum Gasteiger partial charge on any atom is -0.506 e. The Hall–Kier alpha value is -2.64. The molecule has 2 aromatic rings. The van der Waals surface area contributed by atoms with E-state index in [1.54, 1.807) is 0 Å². The maximum absolute atomic E-state index is 12.6. The van der Waals surface area contributed by atoms with Gasteiger partial charge in [0.2, 0.25) is 0 Å². The van der Waals surface area contributed by atoms with Gasteiger partial charge in [0.05, 0.1) is 0 Å². The number of aryl methyl sites for hydroxylation is 2. The van der Waals surface area contributed by atoms with Gasteiger partial charge < -0.3 is 5.11 Å². The number of aliphatic imine (C=N–C) groups is 1. The topological polar surface area (TPSA) is 98.6 Å². The highest BCUT2D eigenvalue weighted by Crippen LogP contribution is 2.24. The van der Waals surface area contributed by atoms with E-state index in [1.807, 2.05) is 0 Å². The molecular formula is C18H24N4O4. The molecule has 140 valence electrons. The Kier molecular flexibility index (Phi) is 4.84. The van der Waals surface area contributed by atoms with Gasteiger partial charge in [-0.2, -0.15) is 0 Å². The van der Waals surface area contributed by atoms with Gasteiger partial charge in [0.15, 0.2) is 0 Å². The van der Waals surface area contributed by atoms with E-state index in [0.717, 1.165) is 17.4 Å². The summed E-state index contributed by atoms with van der Waals surface area (Å²) in [5.41, 5.74) is -1.63. The van der Waals surface area contributed by atoms with E-state index in [2.05, 4.69) is 4.99 Å². The Balaban J connectivity index is 2.14. The summed E-state index contributed by atoms with van der Waals surface area (Å²) in [4.78, 5) is 41.6. The molecule has 1 N–H and O–H groups in total. The fourth-order valence-electron chi connectivity index (χ4n) is 3.73. The Morgan fingerprint density at radius 1 is 1.00 bits per heavy atom. The number of nitrogens with zero attached hydrogens (tertiary/aromatic N) is 4. The highest BCUT2D eigenvalue weighted by molar-refractivity contribution is 5.93. The summed E-state index contributed by atoms with van der Waals surface area (Å²) < 4.78 is 3.30. The Morgan fingerprint density at radius 2 is 1.65 bits per heavy atom. The molecule has 0 saturated heterocycles. The van der Waals surface area contributed by atoms with Crippen molar-refractivity contribution in [2.24, 2.45) is 32.1 Å². The van der Waals surface area contributed by atoms with Gasteiger partial charge >= 0.3 is 5.69 Å². The van der Waals surface area contributed by atoms with Crippen LogP contribution in [-0.4, -0.2) is 31.6 Å². The van der Waals surface area contributed by atoms with Gasteiger partial charge in [-0.15, -0.1) is 0 Å². The number of aromatic hydroxyl groups is 1. The standard InChI is InChI=1S/C18H24N4O4/c1-20-15-13(17(25)22(3)18(26)21(15)2)14(23)12(16(20)24)10-19-9-11-7-5-4-6-8-11/h10-11,23H,4-9H2,1-3H3. The fourth-order valence-corrected chi connectivity index (χ4v) is 3.73. The maximum Gasteiger partial charge on any atom is 0.332 e. The van der Waals surface area contributed by atoms with Gasteiger partial charge in [-0.1, -0.05) is 19.3 Å². The van der Waals surface area contributed by atoms with Crippen molar-refractivity contribution in [2.45, 2.75) is 32.1 Å². The molecule has 0 atom stereocenters. The summed E-state index contributed by atoms with van der Waals surface area (Å²) >= 11 is 0. The van der Waals surface area contributed by atoms with Crippen molar-refractivity contribution >= 4 is 17.2 Å². The van der Waals surface area contributed by atoms with Crippen LogP contribution in [0.25, 0.3) is 11.0 Å². The van der Waals surface area contributed by atoms with Crippen molar-refractivity contribution in [3.8, 4) is 5.75 Å². The molecule has 3 rings (SSSR count). The first kappa shape index (κ1) is 18.2. The van der Waals surface area contributed by atoms with Crippen LogP contribution in [0.15, 0.2) is 19.4 Å². The van der Waals surface area contributed by atoms with E-state index in [-0.39, 0.29) is 16.6 Å². The first-order valence-corrected chi connectivity index (χ1v) is 8.86. The van der Waals surface area contributed by atoms with Crippen LogP contribution in [0.2, 0.25) is 0 Å². The number of rotatable bonds is 3. The second kappa shape index (κ2) is 6.93. The highest BCUT2D eigenvalue weighted by atomic mass is 16.3. The maximum atomic E-state index is 12.6. The second-order valence-electron chi connectivity index (χ2n) is 7.03. The fraction of sp³-hybridized carbons (Fsp3) is 0.556. The van der Waals surface area contributed by atoms with Crippen LogP contribution in [0, 0.1) is 5.92 Å². The molecule has 0 amide bonds. The molecule has 1 aliphatic carbocycles. The van der Waals surface area contributed by atoms with Crippen LogP contribution in [-0.2, 0) is 21.1 Å². The van der Waals surface area contributed by atoms with Crippen molar-refractivity contribution in [1.82, 2.24) is 13.7 Å². The summed E-state index contributed by atoms with van der Waals surface area (Å²) in [5, 5.41) is 10.5. The summed E-state index contributed by atoms with van der Waals surface area (Å²) in [6.07, 6.45) is 7.27. The largest absolute Gasteiger partial charge is 0.506 e. The lowest BCUT2D eigenvalue weighted by Crippen LogP contribution is -2.40. The molecule has 1 saturated carbocycles. The number of hydrogen-bond donors (Lipinski definition) is 1. The Morgan fingerprint density at radius 3 is 2.31 bits per heavy atom. The third kappa shape index (κ3) is 2.89. The minimum atomic E-state index is -0.641. The summed E-state index contributed by atoms with van der Waals surface area (Å²) in [5.74, 6) is 0.0758. The molecule has 0 aliphatic heterocycles. The van der Waals surface area contributed by atoms with Gasteiger partial charge in [0.25, 0.3) is 11.1 Å². The van der Waals surface area contributed by atoms with Crippen LogP contribution >= 0.6 is 0 Å². The van der Waals surface area contributed by atoms with Crippen LogP contribution in [0.4, 0.5) is 0 Å². The lowest BCUT2D eigenvalue weighted by molar-refractivity contribution is 0.367. The zero-order chi connectivity index (χ0) is 19.0. The summed E-state index contributed by atoms with van der Waals surface area (Å²) in [6, 6.07) is 0. The van der Waals surface area contributed by atoms with E-state index in [0.29, 0.717) is 12.5 Å². The normalized spacial score (nSPS) is 16.0. The Bertz CT molecular complexity index is 1050. The van der Waals surface area contributed by atoms with E-state index < -0.39 is 22.6 Å². The SMILES string of the molecule is Cn1c(=O)c2c(O)c(C=NCC3CCCCC3)c(=O)n(C)c2n(C)c1=O. The van der Waals surface area contributed by atoms with Crippen molar-refractivity contribution in [1.29, 1.82) is 0 Å². The second-order valence-corrected chi connectivity index (χ2v) is 7.03.